The van der Waals surface area contributed by atoms with Gasteiger partial charge in [0.2, 0.25) is 0 Å². The van der Waals surface area contributed by atoms with E-state index in [0.29, 0.717) is 6.42 Å². The first-order valence-corrected chi connectivity index (χ1v) is 7.88. The highest BCUT2D eigenvalue weighted by atomic mass is 16.1. The smallest absolute Gasteiger partial charge is 0.165 e. The molecule has 116 valence electrons. The van der Waals surface area contributed by atoms with Crippen molar-refractivity contribution in [3.63, 3.8) is 0 Å². The lowest BCUT2D eigenvalue weighted by molar-refractivity contribution is 0.0908. The van der Waals surface area contributed by atoms with E-state index in [9.17, 15) is 4.79 Å². The van der Waals surface area contributed by atoms with Gasteiger partial charge in [0.25, 0.3) is 0 Å². The molecule has 0 amide bonds. The predicted octanol–water partition coefficient (Wildman–Crippen LogP) is 4.32. The molecule has 2 aromatic heterocycles. The molecule has 3 rings (SSSR count). The zero-order valence-electron chi connectivity index (χ0n) is 14.1. The highest BCUT2D eigenvalue weighted by Crippen LogP contribution is 2.41. The van der Waals surface area contributed by atoms with Crippen LogP contribution in [-0.2, 0) is 11.8 Å². The average molecular weight is 296 g/mol. The molecule has 0 atom stereocenters. The predicted molar refractivity (Wildman–Crippen MR) is 88.7 cm³/mol. The first-order chi connectivity index (χ1) is 10.2. The van der Waals surface area contributed by atoms with Crippen LogP contribution in [0.5, 0.6) is 0 Å². The third-order valence-corrected chi connectivity index (χ3v) is 4.37. The largest absolute Gasteiger partial charge is 0.305 e. The van der Waals surface area contributed by atoms with Crippen molar-refractivity contribution in [2.24, 2.45) is 5.41 Å². The summed E-state index contributed by atoms with van der Waals surface area (Å²) in [4.78, 5) is 17.3. The van der Waals surface area contributed by atoms with Crippen LogP contribution in [0.25, 0.3) is 5.82 Å². The second-order valence-electron chi connectivity index (χ2n) is 8.11. The number of pyridine rings is 1. The second-order valence-corrected chi connectivity index (χ2v) is 8.11. The van der Waals surface area contributed by atoms with Crippen LogP contribution in [0.3, 0.4) is 0 Å². The standard InChI is InChI=1S/C19H24N2O/c1-18(2,3)13-12-21(16-8-6-7-9-20-16)14-10-19(4,5)11-15(22)17(13)14/h6-9,12H,10-11H2,1-5H3. The molecule has 0 aliphatic heterocycles. The highest BCUT2D eigenvalue weighted by Gasteiger charge is 2.38. The van der Waals surface area contributed by atoms with Crippen molar-refractivity contribution in [3.05, 3.63) is 47.4 Å². The van der Waals surface area contributed by atoms with Gasteiger partial charge in [0.15, 0.2) is 5.78 Å². The molecule has 0 fully saturated rings. The Kier molecular flexibility index (Phi) is 3.28. The lowest BCUT2D eigenvalue weighted by Crippen LogP contribution is -2.29. The Morgan fingerprint density at radius 1 is 1.18 bits per heavy atom. The molecule has 2 heterocycles. The number of hydrogen-bond acceptors (Lipinski definition) is 2. The molecule has 0 spiro atoms. The van der Waals surface area contributed by atoms with Crippen LogP contribution < -0.4 is 0 Å². The van der Waals surface area contributed by atoms with Gasteiger partial charge in [-0.1, -0.05) is 40.7 Å². The topological polar surface area (TPSA) is 34.9 Å². The number of rotatable bonds is 1. The Labute approximate surface area is 132 Å². The van der Waals surface area contributed by atoms with Crippen LogP contribution in [0.1, 0.15) is 62.7 Å². The van der Waals surface area contributed by atoms with Crippen LogP contribution in [0.4, 0.5) is 0 Å². The minimum Gasteiger partial charge on any atom is -0.305 e. The first-order valence-electron chi connectivity index (χ1n) is 7.88. The van der Waals surface area contributed by atoms with Gasteiger partial charge in [-0.2, -0.15) is 0 Å². The third-order valence-electron chi connectivity index (χ3n) is 4.37. The minimum absolute atomic E-state index is 0.00409. The molecular weight excluding hydrogens is 272 g/mol. The quantitative estimate of drug-likeness (QED) is 0.785. The van der Waals surface area contributed by atoms with Crippen molar-refractivity contribution < 1.29 is 4.79 Å². The van der Waals surface area contributed by atoms with Crippen LogP contribution in [-0.4, -0.2) is 15.3 Å². The zero-order chi connectivity index (χ0) is 16.1. The number of Topliss-reactive ketones (excluding diaryl/α,β-unsaturated/α-hetero) is 1. The second kappa shape index (κ2) is 4.80. The minimum atomic E-state index is -0.0543. The number of nitrogens with zero attached hydrogens (tertiary/aromatic N) is 2. The van der Waals surface area contributed by atoms with E-state index in [2.05, 4.69) is 50.4 Å². The lowest BCUT2D eigenvalue weighted by atomic mass is 9.73. The number of aromatic nitrogens is 2. The maximum atomic E-state index is 12.8. The van der Waals surface area contributed by atoms with Gasteiger partial charge in [0.1, 0.15) is 5.82 Å². The van der Waals surface area contributed by atoms with Gasteiger partial charge in [-0.25, -0.2) is 4.98 Å². The molecule has 22 heavy (non-hydrogen) atoms. The van der Waals surface area contributed by atoms with Crippen molar-refractivity contribution in [1.29, 1.82) is 0 Å². The van der Waals surface area contributed by atoms with Crippen LogP contribution >= 0.6 is 0 Å². The van der Waals surface area contributed by atoms with Gasteiger partial charge in [0, 0.05) is 30.1 Å². The van der Waals surface area contributed by atoms with Gasteiger partial charge in [0.05, 0.1) is 0 Å². The van der Waals surface area contributed by atoms with E-state index in [4.69, 9.17) is 0 Å². The Balaban J connectivity index is 2.27. The molecule has 0 saturated heterocycles. The fourth-order valence-electron chi connectivity index (χ4n) is 3.34. The molecule has 3 heteroatoms. The van der Waals surface area contributed by atoms with Gasteiger partial charge >= 0.3 is 0 Å². The first kappa shape index (κ1) is 15.0. The van der Waals surface area contributed by atoms with E-state index in [-0.39, 0.29) is 16.6 Å². The van der Waals surface area contributed by atoms with Crippen molar-refractivity contribution in [2.75, 3.05) is 0 Å². The summed E-state index contributed by atoms with van der Waals surface area (Å²) in [6.45, 7) is 10.8. The fraction of sp³-hybridized carbons (Fsp3) is 0.474. The molecule has 0 bridgehead atoms. The van der Waals surface area contributed by atoms with E-state index in [1.54, 1.807) is 6.20 Å². The number of fused-ring (bicyclic) bond motifs is 1. The maximum Gasteiger partial charge on any atom is 0.165 e. The molecule has 3 nitrogen and oxygen atoms in total. The molecule has 0 aromatic carbocycles. The summed E-state index contributed by atoms with van der Waals surface area (Å²) in [5.74, 6) is 1.16. The molecule has 0 radical (unpaired) electrons. The molecule has 1 aliphatic rings. The summed E-state index contributed by atoms with van der Waals surface area (Å²) in [6.07, 6.45) is 5.44. The summed E-state index contributed by atoms with van der Waals surface area (Å²) in [5.41, 5.74) is 3.13. The maximum absolute atomic E-state index is 12.8. The summed E-state index contributed by atoms with van der Waals surface area (Å²) in [5, 5.41) is 0. The molecule has 0 saturated carbocycles. The molecule has 1 aliphatic carbocycles. The summed E-state index contributed by atoms with van der Waals surface area (Å²) >= 11 is 0. The van der Waals surface area contributed by atoms with Gasteiger partial charge in [-0.15, -0.1) is 0 Å². The normalized spacial score (nSPS) is 17.4. The molecule has 0 N–H and O–H groups in total. The van der Waals surface area contributed by atoms with Crippen molar-refractivity contribution in [2.45, 2.75) is 52.9 Å². The monoisotopic (exact) mass is 296 g/mol. The van der Waals surface area contributed by atoms with Gasteiger partial charge < -0.3 is 4.57 Å². The van der Waals surface area contributed by atoms with Crippen molar-refractivity contribution in [3.8, 4) is 5.82 Å². The van der Waals surface area contributed by atoms with E-state index in [1.807, 2.05) is 18.2 Å². The average Bonchev–Trinajstić information content (AvgIpc) is 2.77. The van der Waals surface area contributed by atoms with Crippen molar-refractivity contribution in [1.82, 2.24) is 9.55 Å². The Morgan fingerprint density at radius 2 is 1.91 bits per heavy atom. The Hall–Kier alpha value is -1.90. The highest BCUT2D eigenvalue weighted by molar-refractivity contribution is 6.00. The number of hydrogen-bond donors (Lipinski definition) is 0. The van der Waals surface area contributed by atoms with E-state index < -0.39 is 0 Å². The Bertz CT molecular complexity index is 718. The third kappa shape index (κ3) is 2.49. The van der Waals surface area contributed by atoms with Gasteiger partial charge in [-0.05, 0) is 34.9 Å². The van der Waals surface area contributed by atoms with Crippen LogP contribution in [0, 0.1) is 5.41 Å². The Morgan fingerprint density at radius 3 is 2.50 bits per heavy atom. The summed E-state index contributed by atoms with van der Waals surface area (Å²) in [6, 6.07) is 5.90. The number of carbonyl (C=O) groups is 1. The number of ketones is 1. The van der Waals surface area contributed by atoms with Crippen molar-refractivity contribution >= 4 is 5.78 Å². The van der Waals surface area contributed by atoms with Crippen LogP contribution in [0.2, 0.25) is 0 Å². The van der Waals surface area contributed by atoms with E-state index >= 15 is 0 Å². The van der Waals surface area contributed by atoms with Crippen LogP contribution in [0.15, 0.2) is 30.6 Å². The van der Waals surface area contributed by atoms with Gasteiger partial charge in [-0.3, -0.25) is 4.79 Å². The molecule has 0 unspecified atom stereocenters. The number of carbonyl (C=O) groups excluding carboxylic acids is 1. The zero-order valence-corrected chi connectivity index (χ0v) is 14.1. The van der Waals surface area contributed by atoms with E-state index in [1.165, 1.54) is 0 Å². The molecule has 2 aromatic rings. The summed E-state index contributed by atoms with van der Waals surface area (Å²) < 4.78 is 2.12. The molecular formula is C19H24N2O. The SMILES string of the molecule is CC1(C)CC(=O)c2c(C(C)(C)C)cn(-c3ccccn3)c2C1. The lowest BCUT2D eigenvalue weighted by Gasteiger charge is -2.31. The summed E-state index contributed by atoms with van der Waals surface area (Å²) in [7, 11) is 0. The van der Waals surface area contributed by atoms with E-state index in [0.717, 1.165) is 29.1 Å². The fourth-order valence-corrected chi connectivity index (χ4v) is 3.34.